The zero-order chi connectivity index (χ0) is 13.4. The van der Waals surface area contributed by atoms with Crippen LogP contribution in [0.4, 0.5) is 5.69 Å². The molecule has 0 amide bonds. The monoisotopic (exact) mass is 250 g/mol. The Labute approximate surface area is 113 Å². The molecular weight excluding hydrogens is 232 g/mol. The topological polar surface area (TPSA) is 30.9 Å². The molecule has 2 N–H and O–H groups in total. The number of anilines is 1. The van der Waals surface area contributed by atoms with E-state index in [0.29, 0.717) is 0 Å². The van der Waals surface area contributed by atoms with E-state index >= 15 is 0 Å². The van der Waals surface area contributed by atoms with E-state index in [1.807, 2.05) is 12.1 Å². The van der Waals surface area contributed by atoms with Gasteiger partial charge >= 0.3 is 0 Å². The number of aryl methyl sites for hydroxylation is 2. The molecule has 0 spiro atoms. The third-order valence-corrected chi connectivity index (χ3v) is 3.77. The van der Waals surface area contributed by atoms with Gasteiger partial charge in [-0.3, -0.25) is 0 Å². The van der Waals surface area contributed by atoms with E-state index in [1.54, 1.807) is 0 Å². The van der Waals surface area contributed by atoms with Gasteiger partial charge in [-0.2, -0.15) is 0 Å². The first-order valence-corrected chi connectivity index (χ1v) is 6.54. The van der Waals surface area contributed by atoms with Crippen LogP contribution < -0.4 is 5.73 Å². The number of aromatic nitrogens is 1. The highest BCUT2D eigenvalue weighted by Crippen LogP contribution is 2.22. The fourth-order valence-corrected chi connectivity index (χ4v) is 2.63. The van der Waals surface area contributed by atoms with Crippen molar-refractivity contribution < 1.29 is 0 Å². The van der Waals surface area contributed by atoms with Crippen LogP contribution in [0.15, 0.2) is 48.7 Å². The lowest BCUT2D eigenvalue weighted by molar-refractivity contribution is 0.824. The van der Waals surface area contributed by atoms with Crippen LogP contribution in [0.5, 0.6) is 0 Å². The molecule has 1 heterocycles. The van der Waals surface area contributed by atoms with E-state index in [2.05, 4.69) is 54.9 Å². The molecule has 0 unspecified atom stereocenters. The van der Waals surface area contributed by atoms with Gasteiger partial charge in [-0.05, 0) is 54.8 Å². The first-order chi connectivity index (χ1) is 9.15. The van der Waals surface area contributed by atoms with Gasteiger partial charge in [0.15, 0.2) is 0 Å². The molecule has 0 radical (unpaired) electrons. The summed E-state index contributed by atoms with van der Waals surface area (Å²) in [5.74, 6) is 0. The molecule has 0 aliphatic carbocycles. The molecule has 0 aliphatic rings. The number of hydrogen-bond donors (Lipinski definition) is 1. The van der Waals surface area contributed by atoms with Crippen molar-refractivity contribution in [1.82, 2.24) is 4.57 Å². The van der Waals surface area contributed by atoms with Crippen molar-refractivity contribution in [2.45, 2.75) is 20.4 Å². The second-order valence-electron chi connectivity index (χ2n) is 5.13. The summed E-state index contributed by atoms with van der Waals surface area (Å²) in [6, 6.07) is 14.7. The Morgan fingerprint density at radius 1 is 1.00 bits per heavy atom. The molecule has 3 rings (SSSR count). The second-order valence-corrected chi connectivity index (χ2v) is 5.13. The van der Waals surface area contributed by atoms with Crippen molar-refractivity contribution in [3.8, 4) is 0 Å². The van der Waals surface area contributed by atoms with Gasteiger partial charge in [-0.1, -0.05) is 18.2 Å². The molecule has 0 saturated heterocycles. The van der Waals surface area contributed by atoms with Crippen LogP contribution >= 0.6 is 0 Å². The third-order valence-electron chi connectivity index (χ3n) is 3.77. The minimum Gasteiger partial charge on any atom is -0.399 e. The Morgan fingerprint density at radius 2 is 1.74 bits per heavy atom. The van der Waals surface area contributed by atoms with Crippen LogP contribution in [0.25, 0.3) is 10.9 Å². The molecule has 0 fully saturated rings. The van der Waals surface area contributed by atoms with E-state index < -0.39 is 0 Å². The Kier molecular flexibility index (Phi) is 2.79. The van der Waals surface area contributed by atoms with Crippen LogP contribution in [-0.4, -0.2) is 4.57 Å². The lowest BCUT2D eigenvalue weighted by Crippen LogP contribution is -2.02. The minimum absolute atomic E-state index is 0.817. The van der Waals surface area contributed by atoms with Crippen molar-refractivity contribution in [2.75, 3.05) is 5.73 Å². The third kappa shape index (κ3) is 2.10. The van der Waals surface area contributed by atoms with Crippen molar-refractivity contribution in [3.05, 3.63) is 65.4 Å². The Balaban J connectivity index is 2.06. The molecule has 2 aromatic carbocycles. The van der Waals surface area contributed by atoms with Gasteiger partial charge in [0.1, 0.15) is 0 Å². The summed E-state index contributed by atoms with van der Waals surface area (Å²) in [6.45, 7) is 5.25. The van der Waals surface area contributed by atoms with Crippen LogP contribution in [0.3, 0.4) is 0 Å². The normalized spacial score (nSPS) is 11.1. The lowest BCUT2D eigenvalue weighted by atomic mass is 10.0. The summed E-state index contributed by atoms with van der Waals surface area (Å²) in [5.41, 5.74) is 12.0. The zero-order valence-corrected chi connectivity index (χ0v) is 11.4. The van der Waals surface area contributed by atoms with Gasteiger partial charge in [-0.15, -0.1) is 0 Å². The van der Waals surface area contributed by atoms with E-state index in [0.717, 1.165) is 12.2 Å². The van der Waals surface area contributed by atoms with Crippen LogP contribution in [-0.2, 0) is 6.54 Å². The number of rotatable bonds is 2. The SMILES string of the molecule is Cc1cccc(C)c1Cn1ccc2cc(N)ccc21. The molecule has 2 nitrogen and oxygen atoms in total. The number of benzene rings is 2. The van der Waals surface area contributed by atoms with Gasteiger partial charge in [0.2, 0.25) is 0 Å². The summed E-state index contributed by atoms with van der Waals surface area (Å²) >= 11 is 0. The molecule has 0 aliphatic heterocycles. The number of nitrogens with zero attached hydrogens (tertiary/aromatic N) is 1. The van der Waals surface area contributed by atoms with Crippen molar-refractivity contribution in [1.29, 1.82) is 0 Å². The smallest absolute Gasteiger partial charge is 0.0484 e. The molecule has 19 heavy (non-hydrogen) atoms. The Morgan fingerprint density at radius 3 is 2.47 bits per heavy atom. The summed E-state index contributed by atoms with van der Waals surface area (Å²) in [7, 11) is 0. The lowest BCUT2D eigenvalue weighted by Gasteiger charge is -2.12. The largest absolute Gasteiger partial charge is 0.399 e. The number of hydrogen-bond acceptors (Lipinski definition) is 1. The average molecular weight is 250 g/mol. The minimum atomic E-state index is 0.817. The molecule has 0 saturated carbocycles. The molecular formula is C17H18N2. The molecule has 2 heteroatoms. The van der Waals surface area contributed by atoms with Gasteiger partial charge in [0.05, 0.1) is 0 Å². The van der Waals surface area contributed by atoms with Crippen LogP contribution in [0, 0.1) is 13.8 Å². The van der Waals surface area contributed by atoms with E-state index in [9.17, 15) is 0 Å². The standard InChI is InChI=1S/C17H18N2/c1-12-4-3-5-13(2)16(12)11-19-9-8-14-10-15(18)6-7-17(14)19/h3-10H,11,18H2,1-2H3. The maximum absolute atomic E-state index is 5.82. The first kappa shape index (κ1) is 11.8. The van der Waals surface area contributed by atoms with Crippen LogP contribution in [0.1, 0.15) is 16.7 Å². The summed E-state index contributed by atoms with van der Waals surface area (Å²) < 4.78 is 2.28. The number of fused-ring (bicyclic) bond motifs is 1. The highest BCUT2D eigenvalue weighted by atomic mass is 14.9. The van der Waals surface area contributed by atoms with E-state index in [-0.39, 0.29) is 0 Å². The van der Waals surface area contributed by atoms with Crippen LogP contribution in [0.2, 0.25) is 0 Å². The van der Waals surface area contributed by atoms with Gasteiger partial charge in [0.25, 0.3) is 0 Å². The van der Waals surface area contributed by atoms with Gasteiger partial charge in [-0.25, -0.2) is 0 Å². The maximum atomic E-state index is 5.82. The average Bonchev–Trinajstić information content (AvgIpc) is 2.76. The zero-order valence-electron chi connectivity index (χ0n) is 11.4. The van der Waals surface area contributed by atoms with E-state index in [4.69, 9.17) is 5.73 Å². The molecule has 0 atom stereocenters. The fourth-order valence-electron chi connectivity index (χ4n) is 2.63. The van der Waals surface area contributed by atoms with Crippen molar-refractivity contribution in [3.63, 3.8) is 0 Å². The highest BCUT2D eigenvalue weighted by Gasteiger charge is 2.06. The van der Waals surface area contributed by atoms with E-state index in [1.165, 1.54) is 27.6 Å². The number of nitrogens with two attached hydrogens (primary N) is 1. The quantitative estimate of drug-likeness (QED) is 0.687. The maximum Gasteiger partial charge on any atom is 0.0484 e. The first-order valence-electron chi connectivity index (χ1n) is 6.54. The molecule has 3 aromatic rings. The van der Waals surface area contributed by atoms with Gasteiger partial charge < -0.3 is 10.3 Å². The Bertz CT molecular complexity index is 718. The predicted octanol–water partition coefficient (Wildman–Crippen LogP) is 3.89. The summed E-state index contributed by atoms with van der Waals surface area (Å²) in [5, 5.41) is 1.20. The molecule has 0 bridgehead atoms. The van der Waals surface area contributed by atoms with Crippen molar-refractivity contribution >= 4 is 16.6 Å². The summed E-state index contributed by atoms with van der Waals surface area (Å²) in [4.78, 5) is 0. The second kappa shape index (κ2) is 4.47. The number of nitrogen functional groups attached to an aromatic ring is 1. The highest BCUT2D eigenvalue weighted by molar-refractivity contribution is 5.83. The Hall–Kier alpha value is -2.22. The van der Waals surface area contributed by atoms with Crippen molar-refractivity contribution in [2.24, 2.45) is 0 Å². The van der Waals surface area contributed by atoms with Gasteiger partial charge in [0, 0.05) is 29.3 Å². The molecule has 96 valence electrons. The fraction of sp³-hybridized carbons (Fsp3) is 0.176. The summed E-state index contributed by atoms with van der Waals surface area (Å²) in [6.07, 6.45) is 2.13. The predicted molar refractivity (Wildman–Crippen MR) is 81.4 cm³/mol. The molecule has 1 aromatic heterocycles.